The van der Waals surface area contributed by atoms with E-state index in [1.165, 1.54) is 61.2 Å². The molecule has 538 valence electrons. The van der Waals surface area contributed by atoms with Gasteiger partial charge in [0.1, 0.15) is 31.4 Å². The van der Waals surface area contributed by atoms with Crippen LogP contribution in [0.2, 0.25) is 0 Å². The van der Waals surface area contributed by atoms with Crippen LogP contribution in [0.15, 0.2) is 199 Å². The number of esters is 2. The molecule has 7 N–H and O–H groups in total. The number of nitrogens with zero attached hydrogens (tertiary/aromatic N) is 1. The molecule has 0 heterocycles. The molecule has 8 aromatic rings. The average Bonchev–Trinajstić information content (AvgIpc) is 0.862. The zero-order valence-corrected chi connectivity index (χ0v) is 64.8. The minimum Gasteiger partial charge on any atom is -0.598 e. The van der Waals surface area contributed by atoms with E-state index in [0.29, 0.717) is 13.2 Å². The van der Waals surface area contributed by atoms with Crippen molar-refractivity contribution in [2.24, 2.45) is 9.54 Å². The van der Waals surface area contributed by atoms with Gasteiger partial charge < -0.3 is 39.1 Å². The highest BCUT2D eigenvalue weighted by Gasteiger charge is 2.32. The smallest absolute Gasteiger partial charge is 0.307 e. The van der Waals surface area contributed by atoms with Crippen molar-refractivity contribution in [3.05, 3.63) is 278 Å². The van der Waals surface area contributed by atoms with Gasteiger partial charge in [-0.25, -0.2) is 0 Å². The third-order valence-corrected chi connectivity index (χ3v) is 19.5. The van der Waals surface area contributed by atoms with Gasteiger partial charge in [0, 0.05) is 29.3 Å². The number of nitrogens with one attached hydrogen (secondary N) is 1. The Bertz CT molecular complexity index is 3660. The number of benzene rings is 8. The van der Waals surface area contributed by atoms with Gasteiger partial charge in [0.05, 0.1) is 50.8 Å². The first kappa shape index (κ1) is 88.3. The Balaban J connectivity index is 0.000000432. The van der Waals surface area contributed by atoms with Crippen molar-refractivity contribution in [3.8, 4) is 5.75 Å². The van der Waals surface area contributed by atoms with Gasteiger partial charge in [0.25, 0.3) is 0 Å². The minimum atomic E-state index is -1.29. The van der Waals surface area contributed by atoms with Crippen LogP contribution in [0.5, 0.6) is 5.75 Å². The summed E-state index contributed by atoms with van der Waals surface area (Å²) in [5, 5.41) is 12.3. The monoisotopic (exact) mass is 1430 g/mol. The third kappa shape index (κ3) is 34.9. The molecule has 0 aliphatic rings. The summed E-state index contributed by atoms with van der Waals surface area (Å²) in [7, 11) is 1.70. The van der Waals surface area contributed by atoms with Crippen molar-refractivity contribution in [1.82, 2.24) is 10.9 Å². The Morgan fingerprint density at radius 3 is 1.25 bits per heavy atom. The molecule has 0 radical (unpaired) electrons. The first-order chi connectivity index (χ1) is 46.3. The number of hydrogen-bond acceptors (Lipinski definition) is 13. The molecular weight excluding hydrogens is 1320 g/mol. The second-order valence-electron chi connectivity index (χ2n) is 26.4. The number of aliphatic hydroxyl groups is 1. The summed E-state index contributed by atoms with van der Waals surface area (Å²) < 4.78 is 56.6. The Morgan fingerprint density at radius 2 is 0.879 bits per heavy atom. The van der Waals surface area contributed by atoms with Gasteiger partial charge >= 0.3 is 11.9 Å². The summed E-state index contributed by atoms with van der Waals surface area (Å²) in [5.41, 5.74) is 18.2. The highest BCUT2D eigenvalue weighted by molar-refractivity contribution is 7.91. The number of halogens is 1. The van der Waals surface area contributed by atoms with E-state index in [9.17, 15) is 23.2 Å². The van der Waals surface area contributed by atoms with E-state index >= 15 is 0 Å². The van der Waals surface area contributed by atoms with Crippen molar-refractivity contribution in [1.29, 1.82) is 0 Å². The van der Waals surface area contributed by atoms with E-state index in [2.05, 4.69) is 164 Å². The third-order valence-electron chi connectivity index (χ3n) is 14.9. The van der Waals surface area contributed by atoms with Gasteiger partial charge in [0.15, 0.2) is 0 Å². The molecule has 0 saturated heterocycles. The maximum absolute atomic E-state index is 12.7. The number of aryl methyl sites for hydroxylation is 4. The van der Waals surface area contributed by atoms with Crippen LogP contribution in [-0.2, 0) is 78.8 Å². The van der Waals surface area contributed by atoms with Crippen molar-refractivity contribution in [2.75, 3.05) is 26.9 Å². The van der Waals surface area contributed by atoms with E-state index in [1.807, 2.05) is 129 Å². The highest BCUT2D eigenvalue weighted by Crippen LogP contribution is 2.29. The van der Waals surface area contributed by atoms with Gasteiger partial charge in [-0.05, 0) is 238 Å². The fourth-order valence-electron chi connectivity index (χ4n) is 9.17. The Hall–Kier alpha value is -6.77. The number of alkyl halides is 1. The number of hydrogen-bond donors (Lipinski definition) is 4. The SMILES string of the molecule is CC(C)(C)[S+](N)[O-].CCO.CCOC(=O)C[C@@H](Cl)c1cccc(Cc2ccccc2C)c1.CCOC(=O)C[C@@H](N[S+]([O-])C(C)(C)C)c1cccc(Cc2ccccc2C)c1.COc1cccc(Cc2ccccc2C)c1.Cc1ccccc1Cc1cccc(C=N[S+]([O-])C(C)(C)C)c1.N. The van der Waals surface area contributed by atoms with Crippen LogP contribution in [0.3, 0.4) is 0 Å². The lowest BCUT2D eigenvalue weighted by molar-refractivity contribution is -0.144. The zero-order chi connectivity index (χ0) is 73.0. The molecule has 0 spiro atoms. The molecule has 8 rings (SSSR count). The van der Waals surface area contributed by atoms with E-state index in [4.69, 9.17) is 36.1 Å². The van der Waals surface area contributed by atoms with Crippen molar-refractivity contribution >= 4 is 63.8 Å². The summed E-state index contributed by atoms with van der Waals surface area (Å²) in [6, 6.07) is 65.9. The number of carbonyl (C=O) groups excluding carboxylic acids is 2. The van der Waals surface area contributed by atoms with Crippen LogP contribution < -0.4 is 20.7 Å². The summed E-state index contributed by atoms with van der Waals surface area (Å²) in [6.07, 6.45) is 5.59. The molecule has 0 aliphatic heterocycles. The number of aliphatic hydroxyl groups excluding tert-OH is 1. The molecule has 8 aromatic carbocycles. The second-order valence-corrected chi connectivity index (χ2v) is 32.6. The van der Waals surface area contributed by atoms with Gasteiger partial charge in [-0.15, -0.1) is 16.3 Å². The van der Waals surface area contributed by atoms with Crippen molar-refractivity contribution in [3.63, 3.8) is 0 Å². The van der Waals surface area contributed by atoms with Crippen LogP contribution in [0.1, 0.15) is 191 Å². The molecule has 0 aliphatic carbocycles. The zero-order valence-electron chi connectivity index (χ0n) is 61.6. The van der Waals surface area contributed by atoms with Crippen molar-refractivity contribution in [2.45, 2.75) is 175 Å². The lowest BCUT2D eigenvalue weighted by atomic mass is 9.96. The topological polar surface area (TPSA) is 237 Å². The van der Waals surface area contributed by atoms with Crippen LogP contribution in [0, 0.1) is 27.7 Å². The Kier molecular flexibility index (Phi) is 40.9. The number of carbonyl (C=O) groups is 2. The molecule has 3 unspecified atom stereocenters. The summed E-state index contributed by atoms with van der Waals surface area (Å²) in [6.45, 7) is 31.8. The van der Waals surface area contributed by atoms with Gasteiger partial charge in [-0.2, -0.15) is 5.14 Å². The normalized spacial score (nSPS) is 12.6. The van der Waals surface area contributed by atoms with Crippen molar-refractivity contribution < 1.29 is 42.6 Å². The molecule has 5 atom stereocenters. The molecular formula is C82H111ClN4O9S3. The van der Waals surface area contributed by atoms with E-state index < -0.39 is 38.8 Å². The lowest BCUT2D eigenvalue weighted by Crippen LogP contribution is -2.42. The van der Waals surface area contributed by atoms with Gasteiger partial charge in [0.2, 0.25) is 0 Å². The molecule has 0 fully saturated rings. The fraction of sp³-hybridized carbons (Fsp3) is 0.378. The Labute approximate surface area is 608 Å². The lowest BCUT2D eigenvalue weighted by Gasteiger charge is -2.28. The predicted molar refractivity (Wildman–Crippen MR) is 418 cm³/mol. The van der Waals surface area contributed by atoms with Crippen LogP contribution in [0.4, 0.5) is 0 Å². The van der Waals surface area contributed by atoms with Crippen LogP contribution in [-0.4, -0.2) is 78.1 Å². The molecule has 13 nitrogen and oxygen atoms in total. The van der Waals surface area contributed by atoms with E-state index in [0.717, 1.165) is 53.7 Å². The number of rotatable bonds is 21. The first-order valence-corrected chi connectivity index (χ1v) is 37.2. The maximum atomic E-state index is 12.7. The average molecular weight is 1430 g/mol. The summed E-state index contributed by atoms with van der Waals surface area (Å²) in [5.74, 6) is 0.369. The van der Waals surface area contributed by atoms with E-state index in [-0.39, 0.29) is 58.5 Å². The summed E-state index contributed by atoms with van der Waals surface area (Å²) >= 11 is 2.65. The minimum absolute atomic E-state index is 0. The number of nitrogens with two attached hydrogens (primary N) is 1. The maximum Gasteiger partial charge on any atom is 0.307 e. The van der Waals surface area contributed by atoms with Crippen LogP contribution >= 0.6 is 11.6 Å². The fourth-order valence-corrected chi connectivity index (χ4v) is 10.8. The molecule has 99 heavy (non-hydrogen) atoms. The summed E-state index contributed by atoms with van der Waals surface area (Å²) in [4.78, 5) is 23.7. The molecule has 0 aromatic heterocycles. The Morgan fingerprint density at radius 1 is 0.525 bits per heavy atom. The molecule has 0 bridgehead atoms. The first-order valence-electron chi connectivity index (χ1n) is 33.3. The number of ether oxygens (including phenoxy) is 3. The van der Waals surface area contributed by atoms with Crippen LogP contribution in [0.25, 0.3) is 0 Å². The molecule has 0 saturated carbocycles. The molecule has 17 heteroatoms. The largest absolute Gasteiger partial charge is 0.598 e. The predicted octanol–water partition coefficient (Wildman–Crippen LogP) is 18.1. The molecule has 0 amide bonds. The van der Waals surface area contributed by atoms with Gasteiger partial charge in [-0.3, -0.25) is 9.59 Å². The standard InChI is InChI=1S/C23H31NO3S.C19H21ClO2.C19H23NOS.C15H16O.C4H11NOS.C2H6O.H3N/c1-6-27-22(25)16-21(24-28(26)23(3,4)5)20-13-9-11-18(15-20)14-19-12-8-7-10-17(19)2;1-3-22-19(21)13-18(20)17-10-6-8-15(12-17)11-16-9-5-4-7-14(16)2;1-15-8-5-6-11-18(15)13-16-9-7-10-17(12-16)14-20-22(21)19(2,3)4;1-12-6-3-4-8-14(12)10-13-7-5-9-15(11-13)16-2;1-4(2,3)7(5)6;1-2-3;/h7-13,15,21,24H,6,14,16H2,1-5H3;4-10,12,18H,3,11,13H2,1-2H3;5-12,14H,13H2,1-4H3;3-9,11H,10H2,1-2H3;5H2,1-3H3;3H,2H2,1H3;1H3/t21-,28?;18-;;;;;/m11...../s1. The number of methoxy groups -OCH3 is 1. The quantitative estimate of drug-likeness (QED) is 0.0227. The second kappa shape index (κ2) is 45.9. The van der Waals surface area contributed by atoms with E-state index in [1.54, 1.807) is 34.1 Å². The van der Waals surface area contributed by atoms with Gasteiger partial charge in [-0.1, -0.05) is 180 Å². The highest BCUT2D eigenvalue weighted by atomic mass is 35.5.